The fourth-order valence-corrected chi connectivity index (χ4v) is 2.88. The monoisotopic (exact) mass is 382 g/mol. The summed E-state index contributed by atoms with van der Waals surface area (Å²) in [5.74, 6) is 0. The third-order valence-electron chi connectivity index (χ3n) is 2.63. The van der Waals surface area contributed by atoms with Crippen molar-refractivity contribution >= 4 is 28.1 Å². The first-order valence-corrected chi connectivity index (χ1v) is 7.98. The van der Waals surface area contributed by atoms with Crippen LogP contribution >= 0.6 is 0 Å². The summed E-state index contributed by atoms with van der Waals surface area (Å²) in [5, 5.41) is 2.91. The second-order valence-corrected chi connectivity index (χ2v) is 6.25. The lowest BCUT2D eigenvalue weighted by atomic mass is 10.1. The Morgan fingerprint density at radius 1 is 1.04 bits per heavy atom. The standard InChI is InChI=1S/C12H13F3N4O5S/c13-12(14,15)6-5-7-3-1-2-4-8(7)25(23,24)19-11(22)18-10(21)17-9(16)20/h1-4H,5-6H2,(H5,16,17,18,19,20,21,22). The van der Waals surface area contributed by atoms with Gasteiger partial charge in [0.2, 0.25) is 0 Å². The Morgan fingerprint density at radius 3 is 2.20 bits per heavy atom. The topological polar surface area (TPSA) is 147 Å². The molecule has 25 heavy (non-hydrogen) atoms. The van der Waals surface area contributed by atoms with E-state index in [1.54, 1.807) is 0 Å². The van der Waals surface area contributed by atoms with Crippen molar-refractivity contribution in [2.45, 2.75) is 23.9 Å². The highest BCUT2D eigenvalue weighted by Crippen LogP contribution is 2.24. The van der Waals surface area contributed by atoms with E-state index >= 15 is 0 Å². The first-order chi connectivity index (χ1) is 11.4. The van der Waals surface area contributed by atoms with Crippen LogP contribution in [0, 0.1) is 0 Å². The van der Waals surface area contributed by atoms with Crippen molar-refractivity contribution < 1.29 is 36.0 Å². The summed E-state index contributed by atoms with van der Waals surface area (Å²) >= 11 is 0. The molecule has 5 N–H and O–H groups in total. The second-order valence-electron chi connectivity index (χ2n) is 4.60. The van der Waals surface area contributed by atoms with E-state index < -0.39 is 52.0 Å². The Balaban J connectivity index is 2.90. The minimum absolute atomic E-state index is 0.165. The number of halogens is 3. The zero-order valence-electron chi connectivity index (χ0n) is 12.4. The van der Waals surface area contributed by atoms with Crippen LogP contribution < -0.4 is 21.1 Å². The molecule has 0 aliphatic carbocycles. The van der Waals surface area contributed by atoms with Gasteiger partial charge in [0.25, 0.3) is 10.0 Å². The molecule has 1 rings (SSSR count). The predicted molar refractivity (Wildman–Crippen MR) is 77.8 cm³/mol. The molecular weight excluding hydrogens is 369 g/mol. The molecular formula is C12H13F3N4O5S. The average molecular weight is 382 g/mol. The van der Waals surface area contributed by atoms with Gasteiger partial charge in [-0.1, -0.05) is 18.2 Å². The number of carbonyl (C=O) groups is 3. The van der Waals surface area contributed by atoms with Crippen LogP contribution in [0.3, 0.4) is 0 Å². The molecule has 0 saturated heterocycles. The number of imide groups is 2. The summed E-state index contributed by atoms with van der Waals surface area (Å²) in [4.78, 5) is 32.4. The lowest BCUT2D eigenvalue weighted by Crippen LogP contribution is -2.49. The predicted octanol–water partition coefficient (Wildman–Crippen LogP) is 0.958. The van der Waals surface area contributed by atoms with E-state index in [1.165, 1.54) is 27.5 Å². The van der Waals surface area contributed by atoms with Gasteiger partial charge in [0.1, 0.15) is 0 Å². The third-order valence-corrected chi connectivity index (χ3v) is 4.06. The van der Waals surface area contributed by atoms with Crippen molar-refractivity contribution in [1.82, 2.24) is 15.4 Å². The number of hydrogen-bond donors (Lipinski definition) is 4. The summed E-state index contributed by atoms with van der Waals surface area (Å²) in [6.07, 6.45) is -6.37. The lowest BCUT2D eigenvalue weighted by molar-refractivity contribution is -0.134. The quantitative estimate of drug-likeness (QED) is 0.612. The van der Waals surface area contributed by atoms with Gasteiger partial charge in [0.15, 0.2) is 0 Å². The number of carbonyl (C=O) groups excluding carboxylic acids is 3. The smallest absolute Gasteiger partial charge is 0.351 e. The number of benzene rings is 1. The normalized spacial score (nSPS) is 11.5. The maximum Gasteiger partial charge on any atom is 0.389 e. The van der Waals surface area contributed by atoms with E-state index in [-0.39, 0.29) is 5.56 Å². The molecule has 0 saturated carbocycles. The van der Waals surface area contributed by atoms with Crippen LogP contribution in [-0.4, -0.2) is 32.7 Å². The highest BCUT2D eigenvalue weighted by Gasteiger charge is 2.29. The number of aryl methyl sites for hydroxylation is 1. The molecule has 0 atom stereocenters. The van der Waals surface area contributed by atoms with Gasteiger partial charge in [-0.2, -0.15) is 13.2 Å². The van der Waals surface area contributed by atoms with E-state index in [1.807, 2.05) is 0 Å². The van der Waals surface area contributed by atoms with Crippen molar-refractivity contribution in [3.63, 3.8) is 0 Å². The number of sulfonamides is 1. The third kappa shape index (κ3) is 7.07. The Hall–Kier alpha value is -2.83. The van der Waals surface area contributed by atoms with Crippen LogP contribution in [0.15, 0.2) is 29.2 Å². The molecule has 13 heteroatoms. The number of primary amides is 1. The van der Waals surface area contributed by atoms with Crippen LogP contribution in [-0.2, 0) is 16.4 Å². The maximum absolute atomic E-state index is 12.3. The molecule has 0 aliphatic rings. The molecule has 0 spiro atoms. The van der Waals surface area contributed by atoms with E-state index in [2.05, 4.69) is 5.73 Å². The molecule has 6 amide bonds. The minimum atomic E-state index is -4.56. The van der Waals surface area contributed by atoms with Gasteiger partial charge in [-0.25, -0.2) is 27.5 Å². The number of alkyl halides is 3. The van der Waals surface area contributed by atoms with Crippen molar-refractivity contribution in [1.29, 1.82) is 0 Å². The van der Waals surface area contributed by atoms with Crippen LogP contribution in [0.5, 0.6) is 0 Å². The van der Waals surface area contributed by atoms with Crippen molar-refractivity contribution in [2.24, 2.45) is 5.73 Å². The SMILES string of the molecule is NC(=O)NC(=O)NC(=O)NS(=O)(=O)c1ccccc1CCC(F)(F)F. The molecule has 0 unspecified atom stereocenters. The lowest BCUT2D eigenvalue weighted by Gasteiger charge is -2.12. The van der Waals surface area contributed by atoms with Crippen molar-refractivity contribution in [3.8, 4) is 0 Å². The molecule has 0 bridgehead atoms. The summed E-state index contributed by atoms with van der Waals surface area (Å²) < 4.78 is 62.6. The number of rotatable bonds is 4. The molecule has 138 valence electrons. The average Bonchev–Trinajstić information content (AvgIpc) is 2.42. The highest BCUT2D eigenvalue weighted by molar-refractivity contribution is 7.90. The molecule has 0 aliphatic heterocycles. The van der Waals surface area contributed by atoms with Gasteiger partial charge >= 0.3 is 24.3 Å². The van der Waals surface area contributed by atoms with Gasteiger partial charge in [-0.3, -0.25) is 10.6 Å². The van der Waals surface area contributed by atoms with E-state index in [4.69, 9.17) is 0 Å². The molecule has 0 radical (unpaired) electrons. The van der Waals surface area contributed by atoms with Crippen LogP contribution in [0.25, 0.3) is 0 Å². The van der Waals surface area contributed by atoms with Gasteiger partial charge < -0.3 is 5.73 Å². The second kappa shape index (κ2) is 7.83. The summed E-state index contributed by atoms with van der Waals surface area (Å²) in [7, 11) is -4.56. The number of nitrogens with one attached hydrogen (secondary N) is 3. The van der Waals surface area contributed by atoms with Crippen LogP contribution in [0.1, 0.15) is 12.0 Å². The van der Waals surface area contributed by atoms with Crippen molar-refractivity contribution in [3.05, 3.63) is 29.8 Å². The van der Waals surface area contributed by atoms with E-state index in [9.17, 15) is 36.0 Å². The van der Waals surface area contributed by atoms with Gasteiger partial charge in [-0.05, 0) is 18.1 Å². The van der Waals surface area contributed by atoms with Gasteiger partial charge in [-0.15, -0.1) is 0 Å². The molecule has 1 aromatic rings. The summed E-state index contributed by atoms with van der Waals surface area (Å²) in [6.45, 7) is 0. The maximum atomic E-state index is 12.3. The zero-order chi connectivity index (χ0) is 19.3. The minimum Gasteiger partial charge on any atom is -0.351 e. The Kier molecular flexibility index (Phi) is 6.33. The van der Waals surface area contributed by atoms with Crippen LogP contribution in [0.4, 0.5) is 27.6 Å². The Labute approximate surface area is 139 Å². The molecule has 1 aromatic carbocycles. The molecule has 0 aromatic heterocycles. The summed E-state index contributed by atoms with van der Waals surface area (Å²) in [6, 6.07) is 0.567. The molecule has 0 fully saturated rings. The number of hydrogen-bond acceptors (Lipinski definition) is 5. The van der Waals surface area contributed by atoms with Crippen molar-refractivity contribution in [2.75, 3.05) is 0 Å². The van der Waals surface area contributed by atoms with Gasteiger partial charge in [0, 0.05) is 6.42 Å². The number of nitrogens with two attached hydrogens (primary N) is 1. The van der Waals surface area contributed by atoms with Gasteiger partial charge in [0.05, 0.1) is 4.90 Å². The van der Waals surface area contributed by atoms with Crippen LogP contribution in [0.2, 0.25) is 0 Å². The fourth-order valence-electron chi connectivity index (χ4n) is 1.70. The van der Waals surface area contributed by atoms with E-state index in [0.29, 0.717) is 0 Å². The molecule has 9 nitrogen and oxygen atoms in total. The fraction of sp³-hybridized carbons (Fsp3) is 0.250. The Bertz CT molecular complexity index is 779. The number of urea groups is 3. The first kappa shape index (κ1) is 20.2. The highest BCUT2D eigenvalue weighted by atomic mass is 32.2. The molecule has 0 heterocycles. The Morgan fingerprint density at radius 2 is 1.64 bits per heavy atom. The summed E-state index contributed by atoms with van der Waals surface area (Å²) in [5.41, 5.74) is 4.46. The largest absolute Gasteiger partial charge is 0.389 e. The first-order valence-electron chi connectivity index (χ1n) is 6.49. The number of amides is 6. The zero-order valence-corrected chi connectivity index (χ0v) is 13.2. The van der Waals surface area contributed by atoms with E-state index in [0.717, 1.165) is 12.1 Å².